The molecular weight excluding hydrogens is 271 g/mol. The van der Waals surface area contributed by atoms with Crippen LogP contribution in [-0.4, -0.2) is 28.0 Å². The fourth-order valence-electron chi connectivity index (χ4n) is 2.35. The molecule has 0 radical (unpaired) electrons. The lowest BCUT2D eigenvalue weighted by Gasteiger charge is -2.15. The van der Waals surface area contributed by atoms with Gasteiger partial charge in [-0.05, 0) is 31.0 Å². The van der Waals surface area contributed by atoms with Crippen LogP contribution in [0.1, 0.15) is 18.4 Å². The molecule has 6 nitrogen and oxygen atoms in total. The molecule has 0 amide bonds. The SMILES string of the molecule is N#Cc1cc(F)cc(-c2nc(N)nc(N3CCCC3)n2)c1. The number of nitrogen functional groups attached to an aromatic ring is 1. The van der Waals surface area contributed by atoms with E-state index in [1.54, 1.807) is 0 Å². The van der Waals surface area contributed by atoms with Gasteiger partial charge in [0.1, 0.15) is 5.82 Å². The highest BCUT2D eigenvalue weighted by molar-refractivity contribution is 5.60. The summed E-state index contributed by atoms with van der Waals surface area (Å²) in [6.45, 7) is 1.74. The van der Waals surface area contributed by atoms with Gasteiger partial charge in [-0.2, -0.15) is 20.2 Å². The first-order valence-electron chi connectivity index (χ1n) is 6.63. The molecule has 21 heavy (non-hydrogen) atoms. The molecule has 106 valence electrons. The summed E-state index contributed by atoms with van der Waals surface area (Å²) in [6, 6.07) is 5.89. The van der Waals surface area contributed by atoms with Crippen molar-refractivity contribution in [3.8, 4) is 17.5 Å². The van der Waals surface area contributed by atoms with E-state index in [1.165, 1.54) is 12.1 Å². The van der Waals surface area contributed by atoms with Gasteiger partial charge in [0.05, 0.1) is 11.6 Å². The Balaban J connectivity index is 2.06. The molecule has 0 bridgehead atoms. The fraction of sp³-hybridized carbons (Fsp3) is 0.286. The summed E-state index contributed by atoms with van der Waals surface area (Å²) in [5.41, 5.74) is 6.36. The summed E-state index contributed by atoms with van der Waals surface area (Å²) in [5.74, 6) is 0.355. The van der Waals surface area contributed by atoms with Gasteiger partial charge in [-0.1, -0.05) is 0 Å². The van der Waals surface area contributed by atoms with Crippen LogP contribution in [0.5, 0.6) is 0 Å². The maximum atomic E-state index is 13.5. The van der Waals surface area contributed by atoms with Crippen molar-refractivity contribution in [2.75, 3.05) is 23.7 Å². The van der Waals surface area contributed by atoms with Crippen molar-refractivity contribution in [3.63, 3.8) is 0 Å². The van der Waals surface area contributed by atoms with Gasteiger partial charge in [0.2, 0.25) is 11.9 Å². The van der Waals surface area contributed by atoms with E-state index in [4.69, 9.17) is 11.0 Å². The van der Waals surface area contributed by atoms with Crippen LogP contribution in [0.4, 0.5) is 16.3 Å². The average molecular weight is 284 g/mol. The Morgan fingerprint density at radius 3 is 2.62 bits per heavy atom. The molecule has 0 spiro atoms. The van der Waals surface area contributed by atoms with Crippen molar-refractivity contribution >= 4 is 11.9 Å². The normalized spacial score (nSPS) is 14.2. The molecule has 1 fully saturated rings. The lowest BCUT2D eigenvalue weighted by molar-refractivity contribution is 0.627. The highest BCUT2D eigenvalue weighted by Gasteiger charge is 2.17. The van der Waals surface area contributed by atoms with E-state index in [1.807, 2.05) is 11.0 Å². The van der Waals surface area contributed by atoms with E-state index in [0.717, 1.165) is 32.0 Å². The van der Waals surface area contributed by atoms with E-state index in [0.29, 0.717) is 11.5 Å². The molecule has 0 atom stereocenters. The monoisotopic (exact) mass is 284 g/mol. The molecule has 1 aromatic carbocycles. The summed E-state index contributed by atoms with van der Waals surface area (Å²) in [7, 11) is 0. The number of nitrogens with zero attached hydrogens (tertiary/aromatic N) is 5. The van der Waals surface area contributed by atoms with Gasteiger partial charge in [-0.3, -0.25) is 0 Å². The van der Waals surface area contributed by atoms with Crippen LogP contribution >= 0.6 is 0 Å². The van der Waals surface area contributed by atoms with Crippen LogP contribution in [0.15, 0.2) is 18.2 Å². The van der Waals surface area contributed by atoms with Gasteiger partial charge in [0.25, 0.3) is 0 Å². The van der Waals surface area contributed by atoms with Gasteiger partial charge in [-0.25, -0.2) is 4.39 Å². The van der Waals surface area contributed by atoms with E-state index in [-0.39, 0.29) is 17.3 Å². The number of halogens is 1. The Morgan fingerprint density at radius 2 is 1.90 bits per heavy atom. The molecule has 1 aliphatic heterocycles. The van der Waals surface area contributed by atoms with Gasteiger partial charge in [0, 0.05) is 18.7 Å². The molecule has 1 saturated heterocycles. The van der Waals surface area contributed by atoms with Gasteiger partial charge >= 0.3 is 0 Å². The van der Waals surface area contributed by atoms with Crippen molar-refractivity contribution in [2.45, 2.75) is 12.8 Å². The summed E-state index contributed by atoms with van der Waals surface area (Å²) >= 11 is 0. The average Bonchev–Trinajstić information content (AvgIpc) is 3.00. The molecule has 0 unspecified atom stereocenters. The van der Waals surface area contributed by atoms with Crippen LogP contribution in [0, 0.1) is 17.1 Å². The van der Waals surface area contributed by atoms with Crippen LogP contribution < -0.4 is 10.6 Å². The largest absolute Gasteiger partial charge is 0.368 e. The number of rotatable bonds is 2. The van der Waals surface area contributed by atoms with Crippen LogP contribution in [0.2, 0.25) is 0 Å². The van der Waals surface area contributed by atoms with E-state index < -0.39 is 5.82 Å². The predicted molar refractivity (Wildman–Crippen MR) is 75.8 cm³/mol. The number of nitrogens with two attached hydrogens (primary N) is 1. The Labute approximate surface area is 121 Å². The summed E-state index contributed by atoms with van der Waals surface area (Å²) in [5, 5.41) is 8.91. The van der Waals surface area contributed by atoms with Gasteiger partial charge in [-0.15, -0.1) is 0 Å². The third kappa shape index (κ3) is 2.74. The Morgan fingerprint density at radius 1 is 1.14 bits per heavy atom. The minimum atomic E-state index is -0.509. The van der Waals surface area contributed by atoms with Crippen molar-refractivity contribution in [1.82, 2.24) is 15.0 Å². The highest BCUT2D eigenvalue weighted by atomic mass is 19.1. The maximum absolute atomic E-state index is 13.5. The third-order valence-corrected chi connectivity index (χ3v) is 3.31. The van der Waals surface area contributed by atoms with Crippen LogP contribution in [0.3, 0.4) is 0 Å². The van der Waals surface area contributed by atoms with Crippen molar-refractivity contribution < 1.29 is 4.39 Å². The van der Waals surface area contributed by atoms with E-state index >= 15 is 0 Å². The zero-order chi connectivity index (χ0) is 14.8. The molecule has 0 saturated carbocycles. The lowest BCUT2D eigenvalue weighted by atomic mass is 10.1. The number of hydrogen-bond donors (Lipinski definition) is 1. The van der Waals surface area contributed by atoms with Crippen molar-refractivity contribution in [1.29, 1.82) is 5.26 Å². The number of nitriles is 1. The minimum absolute atomic E-state index is 0.0877. The van der Waals surface area contributed by atoms with Crippen molar-refractivity contribution in [2.24, 2.45) is 0 Å². The Hall–Kier alpha value is -2.75. The van der Waals surface area contributed by atoms with Crippen LogP contribution in [0.25, 0.3) is 11.4 Å². The molecule has 7 heteroatoms. The second kappa shape index (κ2) is 5.32. The quantitative estimate of drug-likeness (QED) is 0.903. The molecule has 1 aromatic heterocycles. The summed E-state index contributed by atoms with van der Waals surface area (Å²) in [4.78, 5) is 14.5. The first-order chi connectivity index (χ1) is 10.2. The number of anilines is 2. The first kappa shape index (κ1) is 13.2. The summed E-state index contributed by atoms with van der Waals surface area (Å²) in [6.07, 6.45) is 2.17. The minimum Gasteiger partial charge on any atom is -0.368 e. The number of benzene rings is 1. The lowest BCUT2D eigenvalue weighted by Crippen LogP contribution is -2.21. The zero-order valence-corrected chi connectivity index (χ0v) is 11.3. The predicted octanol–water partition coefficient (Wildman–Crippen LogP) is 1.73. The van der Waals surface area contributed by atoms with Gasteiger partial charge < -0.3 is 10.6 Å². The number of aromatic nitrogens is 3. The molecule has 2 heterocycles. The summed E-state index contributed by atoms with van der Waals surface area (Å²) < 4.78 is 13.5. The molecule has 3 rings (SSSR count). The molecular formula is C14H13FN6. The zero-order valence-electron chi connectivity index (χ0n) is 11.3. The molecule has 0 aliphatic carbocycles. The number of hydrogen-bond acceptors (Lipinski definition) is 6. The van der Waals surface area contributed by atoms with E-state index in [9.17, 15) is 4.39 Å². The highest BCUT2D eigenvalue weighted by Crippen LogP contribution is 2.23. The van der Waals surface area contributed by atoms with Crippen LogP contribution in [-0.2, 0) is 0 Å². The maximum Gasteiger partial charge on any atom is 0.230 e. The van der Waals surface area contributed by atoms with Crippen molar-refractivity contribution in [3.05, 3.63) is 29.6 Å². The molecule has 1 aliphatic rings. The standard InChI is InChI=1S/C14H13FN6/c15-11-6-9(8-16)5-10(7-11)12-18-13(17)20-14(19-12)21-3-1-2-4-21/h5-7H,1-4H2,(H2,17,18,19,20). The second-order valence-corrected chi connectivity index (χ2v) is 4.85. The first-order valence-corrected chi connectivity index (χ1v) is 6.63. The second-order valence-electron chi connectivity index (χ2n) is 4.85. The van der Waals surface area contributed by atoms with E-state index in [2.05, 4.69) is 15.0 Å². The van der Waals surface area contributed by atoms with Gasteiger partial charge in [0.15, 0.2) is 5.82 Å². The fourth-order valence-corrected chi connectivity index (χ4v) is 2.35. The topological polar surface area (TPSA) is 91.7 Å². The smallest absolute Gasteiger partial charge is 0.230 e. The Kier molecular flexibility index (Phi) is 3.36. The molecule has 2 N–H and O–H groups in total. The third-order valence-electron chi connectivity index (χ3n) is 3.31. The Bertz CT molecular complexity index is 718. The molecule has 2 aromatic rings.